The number of benzene rings is 9. The molecule has 0 radical (unpaired) electrons. The van der Waals surface area contributed by atoms with Crippen LogP contribution in [0.25, 0.3) is 122 Å². The highest BCUT2D eigenvalue weighted by Gasteiger charge is 2.24. The van der Waals surface area contributed by atoms with E-state index in [4.69, 9.17) is 9.97 Å². The van der Waals surface area contributed by atoms with Gasteiger partial charge in [0.2, 0.25) is 0 Å². The van der Waals surface area contributed by atoms with Crippen LogP contribution in [0.15, 0.2) is 237 Å². The molecular formula is C63H43N5. The van der Waals surface area contributed by atoms with Crippen molar-refractivity contribution in [1.82, 2.24) is 23.7 Å². The van der Waals surface area contributed by atoms with Crippen molar-refractivity contribution in [3.8, 4) is 51.0 Å². The fourth-order valence-electron chi connectivity index (χ4n) is 10.5. The van der Waals surface area contributed by atoms with Crippen molar-refractivity contribution in [3.63, 3.8) is 0 Å². The van der Waals surface area contributed by atoms with E-state index in [9.17, 15) is 0 Å². The smallest absolute Gasteiger partial charge is 0.162 e. The van der Waals surface area contributed by atoms with Crippen molar-refractivity contribution in [2.24, 2.45) is 0 Å². The molecule has 320 valence electrons. The van der Waals surface area contributed by atoms with Gasteiger partial charge in [-0.3, -0.25) is 4.57 Å². The molecule has 0 saturated heterocycles. The molecule has 0 saturated carbocycles. The van der Waals surface area contributed by atoms with Crippen LogP contribution in [0.2, 0.25) is 0 Å². The van der Waals surface area contributed by atoms with E-state index < -0.39 is 0 Å². The van der Waals surface area contributed by atoms with Crippen LogP contribution in [0.3, 0.4) is 0 Å². The number of hydrogen-bond acceptors (Lipinski definition) is 2. The van der Waals surface area contributed by atoms with Crippen LogP contribution < -0.4 is 0 Å². The van der Waals surface area contributed by atoms with Crippen molar-refractivity contribution < 1.29 is 0 Å². The van der Waals surface area contributed by atoms with Crippen molar-refractivity contribution in [2.45, 2.75) is 6.92 Å². The lowest BCUT2D eigenvalue weighted by atomic mass is 9.96. The van der Waals surface area contributed by atoms with Crippen LogP contribution in [0, 0.1) is 0 Å². The lowest BCUT2D eigenvalue weighted by molar-refractivity contribution is 1.04. The van der Waals surface area contributed by atoms with E-state index in [0.29, 0.717) is 5.82 Å². The maximum Gasteiger partial charge on any atom is 0.162 e. The third-order valence-electron chi connectivity index (χ3n) is 13.5. The van der Waals surface area contributed by atoms with Gasteiger partial charge in [-0.25, -0.2) is 9.97 Å². The Labute approximate surface area is 393 Å². The molecule has 0 bridgehead atoms. The van der Waals surface area contributed by atoms with Crippen LogP contribution in [0.4, 0.5) is 0 Å². The fraction of sp³-hybridized carbons (Fsp3) is 0.0159. The highest BCUT2D eigenvalue weighted by atomic mass is 15.1. The van der Waals surface area contributed by atoms with E-state index in [2.05, 4.69) is 252 Å². The molecule has 0 amide bonds. The van der Waals surface area contributed by atoms with Crippen LogP contribution >= 0.6 is 0 Å². The first-order valence-corrected chi connectivity index (χ1v) is 23.1. The molecule has 0 fully saturated rings. The summed E-state index contributed by atoms with van der Waals surface area (Å²) in [5, 5.41) is 7.10. The van der Waals surface area contributed by atoms with E-state index in [-0.39, 0.29) is 0 Å². The highest BCUT2D eigenvalue weighted by molar-refractivity contribution is 6.16. The SMILES string of the molecule is C=C/C=C(\C)c1cc(-c2ccccc2)cc(-c2nc(-c3ccccc3)cc(-n3c4ccccc4c4cc(-n5c6ccccc6c6ccccc65)cc(-n5c6ccccc6c6ccccc65)c43)n2)c1. The van der Waals surface area contributed by atoms with Gasteiger partial charge in [0.25, 0.3) is 0 Å². The summed E-state index contributed by atoms with van der Waals surface area (Å²) in [6, 6.07) is 78.4. The van der Waals surface area contributed by atoms with Crippen LogP contribution in [-0.2, 0) is 0 Å². The molecule has 0 atom stereocenters. The number of hydrogen-bond donors (Lipinski definition) is 0. The quantitative estimate of drug-likeness (QED) is 0.143. The standard InChI is InChI=1S/C63H43N5/c1-3-20-41(2)44-35-45(42-21-6-4-7-22-42)37-46(36-44)63-64-54(43-23-8-5-9-24-43)40-61(65-63)68-59-34-19-14-29-52(59)53-38-47(66-55-30-15-10-25-48(55)49-26-11-16-31-56(49)66)39-60(62(53)68)67-57-32-17-12-27-50(57)51-28-13-18-33-58(51)67/h3-40H,1H2,2H3/b41-20+. The Hall–Kier alpha value is -9.06. The second kappa shape index (κ2) is 15.8. The Bertz CT molecular complexity index is 4060. The molecule has 5 nitrogen and oxygen atoms in total. The molecule has 13 rings (SSSR count). The molecule has 0 spiro atoms. The minimum Gasteiger partial charge on any atom is -0.309 e. The number of para-hydroxylation sites is 5. The summed E-state index contributed by atoms with van der Waals surface area (Å²) >= 11 is 0. The summed E-state index contributed by atoms with van der Waals surface area (Å²) in [6.45, 7) is 6.15. The van der Waals surface area contributed by atoms with Gasteiger partial charge in [-0.1, -0.05) is 170 Å². The lowest BCUT2D eigenvalue weighted by Crippen LogP contribution is -2.06. The third kappa shape index (κ3) is 6.24. The molecule has 5 heteroatoms. The van der Waals surface area contributed by atoms with Gasteiger partial charge in [-0.15, -0.1) is 0 Å². The van der Waals surface area contributed by atoms with Gasteiger partial charge in [0, 0.05) is 55.2 Å². The molecule has 0 aliphatic heterocycles. The van der Waals surface area contributed by atoms with E-state index >= 15 is 0 Å². The summed E-state index contributed by atoms with van der Waals surface area (Å²) in [5.41, 5.74) is 16.0. The van der Waals surface area contributed by atoms with Crippen molar-refractivity contribution in [2.75, 3.05) is 0 Å². The Balaban J connectivity index is 1.18. The van der Waals surface area contributed by atoms with Gasteiger partial charge in [0.05, 0.1) is 44.5 Å². The fourth-order valence-corrected chi connectivity index (χ4v) is 10.5. The molecule has 13 aromatic rings. The summed E-state index contributed by atoms with van der Waals surface area (Å²) in [5.74, 6) is 1.41. The van der Waals surface area contributed by atoms with Gasteiger partial charge in [-0.2, -0.15) is 0 Å². The molecule has 0 unspecified atom stereocenters. The molecule has 68 heavy (non-hydrogen) atoms. The van der Waals surface area contributed by atoms with Gasteiger partial charge in [0.1, 0.15) is 5.82 Å². The van der Waals surface area contributed by atoms with E-state index in [1.807, 2.05) is 6.08 Å². The minimum absolute atomic E-state index is 0.637. The molecular weight excluding hydrogens is 827 g/mol. The van der Waals surface area contributed by atoms with Crippen LogP contribution in [-0.4, -0.2) is 23.7 Å². The van der Waals surface area contributed by atoms with E-state index in [1.54, 1.807) is 0 Å². The van der Waals surface area contributed by atoms with Gasteiger partial charge in [-0.05, 0) is 89.9 Å². The summed E-state index contributed by atoms with van der Waals surface area (Å²) < 4.78 is 7.27. The molecule has 0 N–H and O–H groups in total. The summed E-state index contributed by atoms with van der Waals surface area (Å²) in [7, 11) is 0. The average Bonchev–Trinajstić information content (AvgIpc) is 4.05. The zero-order valence-electron chi connectivity index (χ0n) is 37.4. The average molecular weight is 870 g/mol. The largest absolute Gasteiger partial charge is 0.309 e. The Kier molecular flexibility index (Phi) is 9.15. The van der Waals surface area contributed by atoms with Crippen molar-refractivity contribution in [3.05, 3.63) is 243 Å². The van der Waals surface area contributed by atoms with Crippen LogP contribution in [0.1, 0.15) is 12.5 Å². The van der Waals surface area contributed by atoms with Gasteiger partial charge < -0.3 is 9.13 Å². The monoisotopic (exact) mass is 869 g/mol. The number of aromatic nitrogens is 5. The maximum atomic E-state index is 5.65. The Morgan fingerprint density at radius 1 is 0.412 bits per heavy atom. The molecule has 0 aliphatic rings. The molecule has 4 heterocycles. The molecule has 0 aliphatic carbocycles. The summed E-state index contributed by atoms with van der Waals surface area (Å²) in [6.07, 6.45) is 3.90. The Morgan fingerprint density at radius 2 is 0.882 bits per heavy atom. The minimum atomic E-state index is 0.637. The zero-order chi connectivity index (χ0) is 45.3. The van der Waals surface area contributed by atoms with Crippen LogP contribution in [0.5, 0.6) is 0 Å². The second-order valence-corrected chi connectivity index (χ2v) is 17.5. The predicted molar refractivity (Wildman–Crippen MR) is 285 cm³/mol. The zero-order valence-corrected chi connectivity index (χ0v) is 37.4. The summed E-state index contributed by atoms with van der Waals surface area (Å²) in [4.78, 5) is 11.1. The first-order chi connectivity index (χ1) is 33.6. The first kappa shape index (κ1) is 39.3. The molecule has 4 aromatic heterocycles. The normalized spacial score (nSPS) is 12.0. The van der Waals surface area contributed by atoms with Crippen molar-refractivity contribution in [1.29, 1.82) is 0 Å². The lowest BCUT2D eigenvalue weighted by Gasteiger charge is -2.18. The number of rotatable bonds is 8. The second-order valence-electron chi connectivity index (χ2n) is 17.5. The number of nitrogens with zero attached hydrogens (tertiary/aromatic N) is 5. The predicted octanol–water partition coefficient (Wildman–Crippen LogP) is 16.4. The number of fused-ring (bicyclic) bond motifs is 9. The van der Waals surface area contributed by atoms with Gasteiger partial charge in [0.15, 0.2) is 5.82 Å². The Morgan fingerprint density at radius 3 is 1.44 bits per heavy atom. The topological polar surface area (TPSA) is 40.6 Å². The third-order valence-corrected chi connectivity index (χ3v) is 13.5. The number of allylic oxidation sites excluding steroid dienone is 3. The van der Waals surface area contributed by atoms with E-state index in [0.717, 1.165) is 100 Å². The highest BCUT2D eigenvalue weighted by Crippen LogP contribution is 2.43. The first-order valence-electron chi connectivity index (χ1n) is 23.1. The molecule has 9 aromatic carbocycles. The maximum absolute atomic E-state index is 5.65. The van der Waals surface area contributed by atoms with Crippen molar-refractivity contribution >= 4 is 71.0 Å². The van der Waals surface area contributed by atoms with E-state index in [1.165, 1.54) is 21.5 Å². The van der Waals surface area contributed by atoms with Gasteiger partial charge >= 0.3 is 0 Å².